The Balaban J connectivity index is 2.99. The number of nitro benzene ring substituents is 1. The quantitative estimate of drug-likeness (QED) is 0.639. The molecule has 0 aliphatic carbocycles. The van der Waals surface area contributed by atoms with E-state index in [4.69, 9.17) is 5.26 Å². The first-order chi connectivity index (χ1) is 8.39. The summed E-state index contributed by atoms with van der Waals surface area (Å²) >= 11 is 0. The molecule has 0 bridgehead atoms. The standard InChI is InChI=1S/C13H17N3O2/c1-4-13(2,3)9-15-11-7-10(8-14)5-6-12(11)16(17)18/h5-7,15H,4,9H2,1-3H3. The van der Waals surface area contributed by atoms with Gasteiger partial charge in [-0.1, -0.05) is 20.8 Å². The number of hydrogen-bond donors (Lipinski definition) is 1. The van der Waals surface area contributed by atoms with Crippen LogP contribution in [0.25, 0.3) is 0 Å². The molecule has 0 saturated carbocycles. The van der Waals surface area contributed by atoms with Crippen molar-refractivity contribution in [1.29, 1.82) is 5.26 Å². The molecule has 0 spiro atoms. The Labute approximate surface area is 107 Å². The Morgan fingerprint density at radius 3 is 2.67 bits per heavy atom. The van der Waals surface area contributed by atoms with Crippen LogP contribution in [0.1, 0.15) is 32.8 Å². The highest BCUT2D eigenvalue weighted by Gasteiger charge is 2.19. The van der Waals surface area contributed by atoms with Crippen molar-refractivity contribution in [1.82, 2.24) is 0 Å². The SMILES string of the molecule is CCC(C)(C)CNc1cc(C#N)ccc1[N+](=O)[O-]. The van der Waals surface area contributed by atoms with E-state index in [1.165, 1.54) is 18.2 Å². The molecule has 0 unspecified atom stereocenters. The minimum atomic E-state index is -0.442. The number of anilines is 1. The normalized spacial score (nSPS) is 10.8. The van der Waals surface area contributed by atoms with Crippen LogP contribution in [-0.2, 0) is 0 Å². The molecule has 0 fully saturated rings. The van der Waals surface area contributed by atoms with Crippen LogP contribution >= 0.6 is 0 Å². The van der Waals surface area contributed by atoms with Crippen LogP contribution in [0.5, 0.6) is 0 Å². The van der Waals surface area contributed by atoms with Gasteiger partial charge >= 0.3 is 0 Å². The fourth-order valence-corrected chi connectivity index (χ4v) is 1.37. The molecule has 18 heavy (non-hydrogen) atoms. The van der Waals surface area contributed by atoms with Crippen LogP contribution in [-0.4, -0.2) is 11.5 Å². The molecule has 0 saturated heterocycles. The summed E-state index contributed by atoms with van der Waals surface area (Å²) in [5, 5.41) is 22.8. The third-order valence-corrected chi connectivity index (χ3v) is 3.04. The second kappa shape index (κ2) is 5.50. The van der Waals surface area contributed by atoms with Crippen LogP contribution in [0.3, 0.4) is 0 Å². The molecule has 96 valence electrons. The van der Waals surface area contributed by atoms with Crippen molar-refractivity contribution in [3.8, 4) is 6.07 Å². The van der Waals surface area contributed by atoms with Crippen LogP contribution in [0.15, 0.2) is 18.2 Å². The van der Waals surface area contributed by atoms with E-state index in [1.54, 1.807) is 0 Å². The van der Waals surface area contributed by atoms with Gasteiger partial charge in [0.05, 0.1) is 16.6 Å². The van der Waals surface area contributed by atoms with Crippen molar-refractivity contribution in [3.63, 3.8) is 0 Å². The fourth-order valence-electron chi connectivity index (χ4n) is 1.37. The van der Waals surface area contributed by atoms with Gasteiger partial charge in [-0.3, -0.25) is 10.1 Å². The maximum atomic E-state index is 10.9. The zero-order chi connectivity index (χ0) is 13.8. The lowest BCUT2D eigenvalue weighted by Crippen LogP contribution is -2.22. The average molecular weight is 247 g/mol. The molecule has 0 aliphatic rings. The largest absolute Gasteiger partial charge is 0.379 e. The van der Waals surface area contributed by atoms with Crippen LogP contribution in [0.4, 0.5) is 11.4 Å². The molecule has 1 N–H and O–H groups in total. The predicted molar refractivity (Wildman–Crippen MR) is 70.4 cm³/mol. The number of nitro groups is 1. The van der Waals surface area contributed by atoms with Crippen molar-refractivity contribution in [2.45, 2.75) is 27.2 Å². The second-order valence-electron chi connectivity index (χ2n) is 4.97. The Morgan fingerprint density at radius 2 is 2.17 bits per heavy atom. The summed E-state index contributed by atoms with van der Waals surface area (Å²) in [5.41, 5.74) is 0.871. The molecule has 5 nitrogen and oxygen atoms in total. The van der Waals surface area contributed by atoms with E-state index in [0.29, 0.717) is 17.8 Å². The van der Waals surface area contributed by atoms with Gasteiger partial charge in [0, 0.05) is 12.6 Å². The first-order valence-electron chi connectivity index (χ1n) is 5.82. The molecular weight excluding hydrogens is 230 g/mol. The summed E-state index contributed by atoms with van der Waals surface area (Å²) in [6.45, 7) is 6.86. The lowest BCUT2D eigenvalue weighted by Gasteiger charge is -2.23. The van der Waals surface area contributed by atoms with Crippen molar-refractivity contribution >= 4 is 11.4 Å². The van der Waals surface area contributed by atoms with Crippen LogP contribution in [0.2, 0.25) is 0 Å². The van der Waals surface area contributed by atoms with Crippen molar-refractivity contribution in [3.05, 3.63) is 33.9 Å². The van der Waals surface area contributed by atoms with Gasteiger partial charge in [-0.15, -0.1) is 0 Å². The van der Waals surface area contributed by atoms with E-state index in [1.807, 2.05) is 6.07 Å². The molecule has 0 amide bonds. The fraction of sp³-hybridized carbons (Fsp3) is 0.462. The van der Waals surface area contributed by atoms with Gasteiger partial charge in [0.15, 0.2) is 0 Å². The highest BCUT2D eigenvalue weighted by Crippen LogP contribution is 2.27. The molecule has 0 heterocycles. The molecule has 1 rings (SSSR count). The third kappa shape index (κ3) is 3.45. The van der Waals surface area contributed by atoms with Gasteiger partial charge in [-0.25, -0.2) is 0 Å². The number of nitrogens with zero attached hydrogens (tertiary/aromatic N) is 2. The summed E-state index contributed by atoms with van der Waals surface area (Å²) in [6, 6.07) is 6.31. The average Bonchev–Trinajstić information content (AvgIpc) is 2.36. The van der Waals surface area contributed by atoms with E-state index in [9.17, 15) is 10.1 Å². The Morgan fingerprint density at radius 1 is 1.50 bits per heavy atom. The van der Waals surface area contributed by atoms with E-state index in [-0.39, 0.29) is 11.1 Å². The monoisotopic (exact) mass is 247 g/mol. The number of nitriles is 1. The Bertz CT molecular complexity index is 489. The van der Waals surface area contributed by atoms with E-state index in [0.717, 1.165) is 6.42 Å². The highest BCUT2D eigenvalue weighted by molar-refractivity contribution is 5.64. The first-order valence-corrected chi connectivity index (χ1v) is 5.82. The molecule has 0 aliphatic heterocycles. The van der Waals surface area contributed by atoms with Gasteiger partial charge in [-0.05, 0) is 24.0 Å². The molecule has 5 heteroatoms. The summed E-state index contributed by atoms with van der Waals surface area (Å²) in [7, 11) is 0. The molecule has 1 aromatic rings. The van der Waals surface area contributed by atoms with Crippen LogP contribution in [0, 0.1) is 26.9 Å². The lowest BCUT2D eigenvalue weighted by molar-refractivity contribution is -0.384. The molecular formula is C13H17N3O2. The zero-order valence-electron chi connectivity index (χ0n) is 10.9. The second-order valence-corrected chi connectivity index (χ2v) is 4.97. The maximum Gasteiger partial charge on any atom is 0.292 e. The smallest absolute Gasteiger partial charge is 0.292 e. The van der Waals surface area contributed by atoms with E-state index >= 15 is 0 Å². The third-order valence-electron chi connectivity index (χ3n) is 3.04. The minimum Gasteiger partial charge on any atom is -0.379 e. The van der Waals surface area contributed by atoms with Gasteiger partial charge in [0.2, 0.25) is 0 Å². The summed E-state index contributed by atoms with van der Waals surface area (Å²) in [5.74, 6) is 0. The van der Waals surface area contributed by atoms with Crippen molar-refractivity contribution < 1.29 is 4.92 Å². The highest BCUT2D eigenvalue weighted by atomic mass is 16.6. The zero-order valence-corrected chi connectivity index (χ0v) is 10.9. The lowest BCUT2D eigenvalue weighted by atomic mass is 9.90. The van der Waals surface area contributed by atoms with E-state index in [2.05, 4.69) is 26.1 Å². The summed E-state index contributed by atoms with van der Waals surface area (Å²) in [6.07, 6.45) is 0.964. The number of rotatable bonds is 5. The molecule has 0 atom stereocenters. The first kappa shape index (κ1) is 14.0. The van der Waals surface area contributed by atoms with Gasteiger partial charge < -0.3 is 5.32 Å². The van der Waals surface area contributed by atoms with Gasteiger partial charge in [-0.2, -0.15) is 5.26 Å². The summed E-state index contributed by atoms with van der Waals surface area (Å²) < 4.78 is 0. The number of nitrogens with one attached hydrogen (secondary N) is 1. The molecule has 1 aromatic carbocycles. The topological polar surface area (TPSA) is 79.0 Å². The Kier molecular flexibility index (Phi) is 4.27. The predicted octanol–water partition coefficient (Wildman–Crippen LogP) is 3.31. The maximum absolute atomic E-state index is 10.9. The molecule has 0 radical (unpaired) electrons. The van der Waals surface area contributed by atoms with E-state index < -0.39 is 4.92 Å². The van der Waals surface area contributed by atoms with Gasteiger partial charge in [0.1, 0.15) is 5.69 Å². The van der Waals surface area contributed by atoms with Gasteiger partial charge in [0.25, 0.3) is 5.69 Å². The molecule has 0 aromatic heterocycles. The number of hydrogen-bond acceptors (Lipinski definition) is 4. The van der Waals surface area contributed by atoms with Crippen molar-refractivity contribution in [2.75, 3.05) is 11.9 Å². The van der Waals surface area contributed by atoms with Crippen molar-refractivity contribution in [2.24, 2.45) is 5.41 Å². The Hall–Kier alpha value is -2.09. The number of benzene rings is 1. The van der Waals surface area contributed by atoms with Crippen LogP contribution < -0.4 is 5.32 Å². The minimum absolute atomic E-state index is 0.000836. The summed E-state index contributed by atoms with van der Waals surface area (Å²) in [4.78, 5) is 10.5.